The molecule has 3 nitrogen and oxygen atoms in total. The monoisotopic (exact) mass is 280 g/mol. The lowest BCUT2D eigenvalue weighted by Crippen LogP contribution is -2.46. The van der Waals surface area contributed by atoms with Gasteiger partial charge in [0.05, 0.1) is 11.3 Å². The molecule has 1 rings (SSSR count). The molecule has 0 aliphatic carbocycles. The van der Waals surface area contributed by atoms with Gasteiger partial charge < -0.3 is 10.6 Å². The van der Waals surface area contributed by atoms with E-state index in [0.29, 0.717) is 5.56 Å². The first-order valence-electron chi connectivity index (χ1n) is 6.84. The number of halogens is 1. The summed E-state index contributed by atoms with van der Waals surface area (Å²) in [5, 5.41) is 5.73. The van der Waals surface area contributed by atoms with Crippen molar-refractivity contribution in [1.29, 1.82) is 0 Å². The van der Waals surface area contributed by atoms with E-state index in [9.17, 15) is 9.18 Å². The quantitative estimate of drug-likeness (QED) is 0.880. The Bertz CT molecular complexity index is 490. The van der Waals surface area contributed by atoms with E-state index in [1.807, 2.05) is 13.8 Å². The normalized spacial score (nSPS) is 12.2. The molecule has 0 radical (unpaired) electrons. The maximum absolute atomic E-state index is 13.7. The number of nitrogens with one attached hydrogen (secondary N) is 2. The third kappa shape index (κ3) is 4.51. The summed E-state index contributed by atoms with van der Waals surface area (Å²) >= 11 is 0. The van der Waals surface area contributed by atoms with E-state index in [4.69, 9.17) is 0 Å². The summed E-state index contributed by atoms with van der Waals surface area (Å²) in [6, 6.07) is 4.50. The van der Waals surface area contributed by atoms with Crippen LogP contribution in [0.25, 0.3) is 0 Å². The van der Waals surface area contributed by atoms with Crippen molar-refractivity contribution in [2.45, 2.75) is 46.6 Å². The Morgan fingerprint density at radius 1 is 1.20 bits per heavy atom. The number of carbonyl (C=O) groups is 1. The Morgan fingerprint density at radius 3 is 2.30 bits per heavy atom. The van der Waals surface area contributed by atoms with E-state index in [1.165, 1.54) is 6.07 Å². The van der Waals surface area contributed by atoms with Gasteiger partial charge in [-0.2, -0.15) is 0 Å². The summed E-state index contributed by atoms with van der Waals surface area (Å²) in [6.45, 7) is 10.3. The summed E-state index contributed by atoms with van der Waals surface area (Å²) in [5.74, 6) is -0.683. The Morgan fingerprint density at radius 2 is 1.80 bits per heavy atom. The van der Waals surface area contributed by atoms with E-state index in [2.05, 4.69) is 31.4 Å². The maximum Gasteiger partial charge on any atom is 0.253 e. The van der Waals surface area contributed by atoms with Crippen LogP contribution in [0, 0.1) is 11.2 Å². The van der Waals surface area contributed by atoms with Crippen LogP contribution in [0.15, 0.2) is 18.2 Å². The van der Waals surface area contributed by atoms with Crippen LogP contribution < -0.4 is 10.6 Å². The zero-order valence-corrected chi connectivity index (χ0v) is 13.2. The standard InChI is InChI=1S/C16H25FN2O/c1-15(2,3)10-16(4,5)19-14(20)11-8-7-9-12(17)13(11)18-6/h7-9,18H,10H2,1-6H3,(H,19,20). The smallest absolute Gasteiger partial charge is 0.253 e. The molecule has 0 aromatic heterocycles. The Labute approximate surface area is 121 Å². The van der Waals surface area contributed by atoms with Crippen LogP contribution in [0.2, 0.25) is 0 Å². The average Bonchev–Trinajstić information content (AvgIpc) is 2.24. The van der Waals surface area contributed by atoms with Crippen molar-refractivity contribution in [2.24, 2.45) is 5.41 Å². The number of carbonyl (C=O) groups excluding carboxylic acids is 1. The van der Waals surface area contributed by atoms with Crippen LogP contribution in [-0.2, 0) is 0 Å². The molecule has 1 aromatic carbocycles. The van der Waals surface area contributed by atoms with Crippen molar-refractivity contribution in [2.75, 3.05) is 12.4 Å². The lowest BCUT2D eigenvalue weighted by Gasteiger charge is -2.33. The van der Waals surface area contributed by atoms with Gasteiger partial charge in [-0.25, -0.2) is 4.39 Å². The van der Waals surface area contributed by atoms with Gasteiger partial charge in [0.1, 0.15) is 5.82 Å². The minimum Gasteiger partial charge on any atom is -0.385 e. The van der Waals surface area contributed by atoms with E-state index in [0.717, 1.165) is 6.42 Å². The molecular weight excluding hydrogens is 255 g/mol. The molecule has 1 amide bonds. The zero-order chi connectivity index (χ0) is 15.6. The van der Waals surface area contributed by atoms with Crippen LogP contribution >= 0.6 is 0 Å². The molecule has 0 bridgehead atoms. The molecule has 2 N–H and O–H groups in total. The largest absolute Gasteiger partial charge is 0.385 e. The van der Waals surface area contributed by atoms with Crippen molar-refractivity contribution in [3.05, 3.63) is 29.6 Å². The number of anilines is 1. The molecule has 4 heteroatoms. The topological polar surface area (TPSA) is 41.1 Å². The first kappa shape index (κ1) is 16.5. The van der Waals surface area contributed by atoms with Gasteiger partial charge >= 0.3 is 0 Å². The minimum atomic E-state index is -0.422. The van der Waals surface area contributed by atoms with Gasteiger partial charge in [0.25, 0.3) is 5.91 Å². The fourth-order valence-corrected chi connectivity index (χ4v) is 2.71. The second kappa shape index (κ2) is 5.81. The lowest BCUT2D eigenvalue weighted by molar-refractivity contribution is 0.0892. The summed E-state index contributed by atoms with van der Waals surface area (Å²) < 4.78 is 13.7. The molecule has 0 atom stereocenters. The van der Waals surface area contributed by atoms with Crippen LogP contribution in [0.5, 0.6) is 0 Å². The van der Waals surface area contributed by atoms with E-state index in [1.54, 1.807) is 19.2 Å². The van der Waals surface area contributed by atoms with Crippen LogP contribution in [0.3, 0.4) is 0 Å². The predicted octanol–water partition coefficient (Wildman–Crippen LogP) is 3.81. The molecular formula is C16H25FN2O. The Hall–Kier alpha value is -1.58. The second-order valence-electron chi connectivity index (χ2n) is 6.99. The highest BCUT2D eigenvalue weighted by Gasteiger charge is 2.28. The van der Waals surface area contributed by atoms with E-state index in [-0.39, 0.29) is 22.5 Å². The first-order valence-corrected chi connectivity index (χ1v) is 6.84. The van der Waals surface area contributed by atoms with Crippen molar-refractivity contribution >= 4 is 11.6 Å². The van der Waals surface area contributed by atoms with Gasteiger partial charge in [0.15, 0.2) is 0 Å². The Kier molecular flexibility index (Phi) is 4.79. The molecule has 0 aliphatic rings. The summed E-state index contributed by atoms with van der Waals surface area (Å²) in [5.41, 5.74) is 0.308. The van der Waals surface area contributed by atoms with Crippen LogP contribution in [0.1, 0.15) is 51.4 Å². The van der Waals surface area contributed by atoms with Crippen LogP contribution in [-0.4, -0.2) is 18.5 Å². The molecule has 112 valence electrons. The Balaban J connectivity index is 2.95. The highest BCUT2D eigenvalue weighted by Crippen LogP contribution is 2.27. The third-order valence-electron chi connectivity index (χ3n) is 2.93. The SMILES string of the molecule is CNc1c(F)cccc1C(=O)NC(C)(C)CC(C)(C)C. The van der Waals surface area contributed by atoms with E-state index < -0.39 is 5.82 Å². The summed E-state index contributed by atoms with van der Waals surface area (Å²) in [7, 11) is 1.61. The van der Waals surface area contributed by atoms with Crippen molar-refractivity contribution < 1.29 is 9.18 Å². The van der Waals surface area contributed by atoms with Crippen molar-refractivity contribution in [3.8, 4) is 0 Å². The highest BCUT2D eigenvalue weighted by atomic mass is 19.1. The molecule has 0 saturated heterocycles. The van der Waals surface area contributed by atoms with Crippen LogP contribution in [0.4, 0.5) is 10.1 Å². The van der Waals surface area contributed by atoms with Gasteiger partial charge in [0, 0.05) is 12.6 Å². The van der Waals surface area contributed by atoms with E-state index >= 15 is 0 Å². The fourth-order valence-electron chi connectivity index (χ4n) is 2.71. The van der Waals surface area contributed by atoms with Gasteiger partial charge in [-0.1, -0.05) is 26.8 Å². The number of para-hydroxylation sites is 1. The number of benzene rings is 1. The molecule has 0 unspecified atom stereocenters. The molecule has 0 heterocycles. The average molecular weight is 280 g/mol. The summed E-state index contributed by atoms with van der Waals surface area (Å²) in [4.78, 5) is 12.4. The number of hydrogen-bond donors (Lipinski definition) is 2. The van der Waals surface area contributed by atoms with Gasteiger partial charge in [-0.15, -0.1) is 0 Å². The minimum absolute atomic E-state index is 0.102. The lowest BCUT2D eigenvalue weighted by atomic mass is 9.81. The maximum atomic E-state index is 13.7. The number of rotatable bonds is 4. The zero-order valence-electron chi connectivity index (χ0n) is 13.2. The second-order valence-corrected chi connectivity index (χ2v) is 6.99. The molecule has 1 aromatic rings. The molecule has 0 aliphatic heterocycles. The first-order chi connectivity index (χ1) is 9.06. The number of hydrogen-bond acceptors (Lipinski definition) is 2. The predicted molar refractivity (Wildman–Crippen MR) is 81.6 cm³/mol. The summed E-state index contributed by atoms with van der Waals surface area (Å²) in [6.07, 6.45) is 0.829. The van der Waals surface area contributed by atoms with Gasteiger partial charge in [-0.3, -0.25) is 4.79 Å². The fraction of sp³-hybridized carbons (Fsp3) is 0.562. The molecule has 0 fully saturated rings. The molecule has 0 spiro atoms. The third-order valence-corrected chi connectivity index (χ3v) is 2.93. The molecule has 0 saturated carbocycles. The molecule has 20 heavy (non-hydrogen) atoms. The van der Waals surface area contributed by atoms with Gasteiger partial charge in [-0.05, 0) is 37.8 Å². The van der Waals surface area contributed by atoms with Crippen molar-refractivity contribution in [1.82, 2.24) is 5.32 Å². The van der Waals surface area contributed by atoms with Crippen molar-refractivity contribution in [3.63, 3.8) is 0 Å². The highest BCUT2D eigenvalue weighted by molar-refractivity contribution is 6.00. The van der Waals surface area contributed by atoms with Gasteiger partial charge in [0.2, 0.25) is 0 Å². The number of amides is 1.